The number of hydrogen-bond donors (Lipinski definition) is 1. The fourth-order valence-corrected chi connectivity index (χ4v) is 3.61. The molecule has 3 amide bonds. The summed E-state index contributed by atoms with van der Waals surface area (Å²) in [5.41, 5.74) is 3.46. The van der Waals surface area contributed by atoms with Crippen LogP contribution in [0.25, 0.3) is 0 Å². The Morgan fingerprint density at radius 1 is 1.00 bits per heavy atom. The molecule has 1 aliphatic rings. The van der Waals surface area contributed by atoms with Crippen LogP contribution >= 0.6 is 11.6 Å². The van der Waals surface area contributed by atoms with Gasteiger partial charge in [-0.05, 0) is 55.3 Å². The third-order valence-corrected chi connectivity index (χ3v) is 5.11. The predicted molar refractivity (Wildman–Crippen MR) is 109 cm³/mol. The van der Waals surface area contributed by atoms with Crippen molar-refractivity contribution in [3.63, 3.8) is 0 Å². The molecule has 6 nitrogen and oxygen atoms in total. The second-order valence-corrected chi connectivity index (χ2v) is 7.31. The molecule has 146 valence electrons. The Kier molecular flexibility index (Phi) is 5.99. The monoisotopic (exact) mass is 399 g/mol. The van der Waals surface area contributed by atoms with Gasteiger partial charge in [0.15, 0.2) is 0 Å². The molecule has 1 fully saturated rings. The average Bonchev–Trinajstić information content (AvgIpc) is 2.70. The number of benzene rings is 2. The van der Waals surface area contributed by atoms with Gasteiger partial charge in [0.2, 0.25) is 6.41 Å². The zero-order valence-corrected chi connectivity index (χ0v) is 16.6. The standard InChI is InChI=1S/C21H22ClN3O3/c1-14-11-15(2)19(18(22)12-14)23-20(27)16-3-5-17(6-4-16)21(28)25-9-7-24(13-26)8-10-25/h3-6,11-13H,7-10H2,1-2H3,(H,23,27). The van der Waals surface area contributed by atoms with Gasteiger partial charge in [0.1, 0.15) is 0 Å². The van der Waals surface area contributed by atoms with Gasteiger partial charge >= 0.3 is 0 Å². The highest BCUT2D eigenvalue weighted by Gasteiger charge is 2.21. The van der Waals surface area contributed by atoms with Crippen molar-refractivity contribution in [3.8, 4) is 0 Å². The molecule has 1 heterocycles. The molecule has 0 spiro atoms. The number of carbonyl (C=O) groups excluding carboxylic acids is 3. The lowest BCUT2D eigenvalue weighted by Gasteiger charge is -2.32. The SMILES string of the molecule is Cc1cc(C)c(NC(=O)c2ccc(C(=O)N3CCN(C=O)CC3)cc2)c(Cl)c1. The second-order valence-electron chi connectivity index (χ2n) is 6.90. The third kappa shape index (κ3) is 4.34. The van der Waals surface area contributed by atoms with Gasteiger partial charge < -0.3 is 15.1 Å². The topological polar surface area (TPSA) is 69.7 Å². The molecule has 2 aromatic carbocycles. The maximum atomic E-state index is 12.6. The van der Waals surface area contributed by atoms with Crippen LogP contribution in [0.3, 0.4) is 0 Å². The molecule has 0 radical (unpaired) electrons. The molecule has 7 heteroatoms. The van der Waals surface area contributed by atoms with Crippen LogP contribution < -0.4 is 5.32 Å². The molecule has 28 heavy (non-hydrogen) atoms. The lowest BCUT2D eigenvalue weighted by atomic mass is 10.1. The van der Waals surface area contributed by atoms with E-state index in [1.807, 2.05) is 19.9 Å². The number of rotatable bonds is 4. The molecule has 0 aliphatic carbocycles. The number of aryl methyl sites for hydroxylation is 2. The van der Waals surface area contributed by atoms with Gasteiger partial charge in [0, 0.05) is 37.3 Å². The summed E-state index contributed by atoms with van der Waals surface area (Å²) in [5.74, 6) is -0.387. The van der Waals surface area contributed by atoms with Crippen molar-refractivity contribution in [2.75, 3.05) is 31.5 Å². The number of nitrogens with zero attached hydrogens (tertiary/aromatic N) is 2. The number of halogens is 1. The fraction of sp³-hybridized carbons (Fsp3) is 0.286. The van der Waals surface area contributed by atoms with E-state index < -0.39 is 0 Å². The first-order chi connectivity index (χ1) is 13.4. The van der Waals surface area contributed by atoms with Crippen LogP contribution in [0.4, 0.5) is 5.69 Å². The van der Waals surface area contributed by atoms with Gasteiger partial charge in [-0.3, -0.25) is 14.4 Å². The van der Waals surface area contributed by atoms with E-state index in [0.717, 1.165) is 17.5 Å². The fourth-order valence-electron chi connectivity index (χ4n) is 3.24. The van der Waals surface area contributed by atoms with Crippen molar-refractivity contribution in [3.05, 3.63) is 63.7 Å². The van der Waals surface area contributed by atoms with E-state index >= 15 is 0 Å². The largest absolute Gasteiger partial charge is 0.342 e. The first-order valence-corrected chi connectivity index (χ1v) is 9.43. The Labute approximate surface area is 169 Å². The number of hydrogen-bond acceptors (Lipinski definition) is 3. The lowest BCUT2D eigenvalue weighted by Crippen LogP contribution is -2.48. The van der Waals surface area contributed by atoms with Gasteiger partial charge in [0.25, 0.3) is 11.8 Å². The lowest BCUT2D eigenvalue weighted by molar-refractivity contribution is -0.119. The first kappa shape index (κ1) is 19.9. The number of nitrogens with one attached hydrogen (secondary N) is 1. The van der Waals surface area contributed by atoms with Crippen LogP contribution in [-0.4, -0.2) is 54.2 Å². The van der Waals surface area contributed by atoms with E-state index in [4.69, 9.17) is 11.6 Å². The van der Waals surface area contributed by atoms with Gasteiger partial charge in [-0.1, -0.05) is 17.7 Å². The van der Waals surface area contributed by atoms with Gasteiger partial charge in [0.05, 0.1) is 10.7 Å². The summed E-state index contributed by atoms with van der Waals surface area (Å²) >= 11 is 6.25. The summed E-state index contributed by atoms with van der Waals surface area (Å²) < 4.78 is 0. The minimum Gasteiger partial charge on any atom is -0.342 e. The van der Waals surface area contributed by atoms with E-state index in [2.05, 4.69) is 5.32 Å². The maximum absolute atomic E-state index is 12.6. The van der Waals surface area contributed by atoms with E-state index in [1.165, 1.54) is 0 Å². The highest BCUT2D eigenvalue weighted by molar-refractivity contribution is 6.34. The summed E-state index contributed by atoms with van der Waals surface area (Å²) in [6.45, 7) is 5.91. The molecular weight excluding hydrogens is 378 g/mol. The van der Waals surface area contributed by atoms with Crippen LogP contribution in [0.15, 0.2) is 36.4 Å². The van der Waals surface area contributed by atoms with Crippen molar-refractivity contribution in [1.29, 1.82) is 0 Å². The van der Waals surface area contributed by atoms with Gasteiger partial charge in [-0.15, -0.1) is 0 Å². The summed E-state index contributed by atoms with van der Waals surface area (Å²) in [6.07, 6.45) is 0.803. The minimum atomic E-state index is -0.285. The normalized spacial score (nSPS) is 14.0. The Morgan fingerprint density at radius 2 is 1.61 bits per heavy atom. The molecule has 2 aromatic rings. The molecular formula is C21H22ClN3O3. The highest BCUT2D eigenvalue weighted by atomic mass is 35.5. The predicted octanol–water partition coefficient (Wildman–Crippen LogP) is 3.12. The summed E-state index contributed by atoms with van der Waals surface area (Å²) in [5, 5.41) is 3.33. The van der Waals surface area contributed by atoms with Crippen LogP contribution in [0.1, 0.15) is 31.8 Å². The van der Waals surface area contributed by atoms with Crippen molar-refractivity contribution in [2.24, 2.45) is 0 Å². The van der Waals surface area contributed by atoms with Gasteiger partial charge in [-0.25, -0.2) is 0 Å². The van der Waals surface area contributed by atoms with Crippen molar-refractivity contribution in [1.82, 2.24) is 9.80 Å². The highest BCUT2D eigenvalue weighted by Crippen LogP contribution is 2.27. The second kappa shape index (κ2) is 8.44. The number of piperazine rings is 1. The van der Waals surface area contributed by atoms with E-state index in [-0.39, 0.29) is 11.8 Å². The Hall–Kier alpha value is -2.86. The summed E-state index contributed by atoms with van der Waals surface area (Å²) in [7, 11) is 0. The molecule has 1 N–H and O–H groups in total. The molecule has 0 aromatic heterocycles. The van der Waals surface area contributed by atoms with E-state index in [9.17, 15) is 14.4 Å². The zero-order chi connectivity index (χ0) is 20.3. The average molecular weight is 400 g/mol. The first-order valence-electron chi connectivity index (χ1n) is 9.06. The molecule has 1 saturated heterocycles. The van der Waals surface area contributed by atoms with Crippen molar-refractivity contribution < 1.29 is 14.4 Å². The number of carbonyl (C=O) groups is 3. The maximum Gasteiger partial charge on any atom is 0.255 e. The molecule has 3 rings (SSSR count). The van der Waals surface area contributed by atoms with Crippen molar-refractivity contribution in [2.45, 2.75) is 13.8 Å². The van der Waals surface area contributed by atoms with Crippen LogP contribution in [0, 0.1) is 13.8 Å². The summed E-state index contributed by atoms with van der Waals surface area (Å²) in [6, 6.07) is 10.3. The van der Waals surface area contributed by atoms with Gasteiger partial charge in [-0.2, -0.15) is 0 Å². The number of anilines is 1. The van der Waals surface area contributed by atoms with E-state index in [0.29, 0.717) is 48.0 Å². The quantitative estimate of drug-likeness (QED) is 0.803. The van der Waals surface area contributed by atoms with E-state index in [1.54, 1.807) is 40.1 Å². The van der Waals surface area contributed by atoms with Crippen LogP contribution in [0.5, 0.6) is 0 Å². The Bertz CT molecular complexity index is 881. The Balaban J connectivity index is 1.68. The molecule has 0 unspecified atom stereocenters. The zero-order valence-electron chi connectivity index (χ0n) is 15.9. The molecule has 0 atom stereocenters. The molecule has 0 saturated carbocycles. The summed E-state index contributed by atoms with van der Waals surface area (Å²) in [4.78, 5) is 39.3. The smallest absolute Gasteiger partial charge is 0.255 e. The number of amides is 3. The van der Waals surface area contributed by atoms with Crippen LogP contribution in [0.2, 0.25) is 5.02 Å². The van der Waals surface area contributed by atoms with Crippen LogP contribution in [-0.2, 0) is 4.79 Å². The molecule has 0 bridgehead atoms. The van der Waals surface area contributed by atoms with Crippen molar-refractivity contribution >= 4 is 35.5 Å². The third-order valence-electron chi connectivity index (χ3n) is 4.81. The minimum absolute atomic E-state index is 0.102. The Morgan fingerprint density at radius 3 is 2.18 bits per heavy atom. The molecule has 1 aliphatic heterocycles.